The fourth-order valence-corrected chi connectivity index (χ4v) is 3.67. The van der Waals surface area contributed by atoms with Crippen molar-refractivity contribution in [1.82, 2.24) is 0 Å². The van der Waals surface area contributed by atoms with E-state index in [4.69, 9.17) is 23.8 Å². The second-order valence-electron chi connectivity index (χ2n) is 5.81. The lowest BCUT2D eigenvalue weighted by atomic mass is 10.2. The Labute approximate surface area is 167 Å². The maximum atomic E-state index is 13.1. The van der Waals surface area contributed by atoms with Gasteiger partial charge < -0.3 is 10.4 Å². The number of nitrogens with one attached hydrogen (secondary N) is 1. The molecule has 2 aromatic heterocycles. The van der Waals surface area contributed by atoms with Crippen molar-refractivity contribution in [2.45, 2.75) is 13.8 Å². The van der Waals surface area contributed by atoms with Crippen LogP contribution < -0.4 is 15.0 Å². The zero-order valence-corrected chi connectivity index (χ0v) is 16.7. The van der Waals surface area contributed by atoms with Crippen LogP contribution in [0.5, 0.6) is 0 Å². The molecular weight excluding hydrogens is 384 g/mol. The van der Waals surface area contributed by atoms with E-state index in [2.05, 4.69) is 5.32 Å². The van der Waals surface area contributed by atoms with Crippen molar-refractivity contribution in [3.8, 4) is 0 Å². The average molecular weight is 401 g/mol. The molecule has 0 aliphatic heterocycles. The molecule has 26 heavy (non-hydrogen) atoms. The van der Waals surface area contributed by atoms with Gasteiger partial charge in [-0.3, -0.25) is 0 Å². The molecule has 3 nitrogen and oxygen atoms in total. The summed E-state index contributed by atoms with van der Waals surface area (Å²) in [4.78, 5) is 0.991. The van der Waals surface area contributed by atoms with Gasteiger partial charge in [0, 0.05) is 27.2 Å². The number of aromatic nitrogens is 1. The molecule has 132 valence electrons. The molecule has 0 bridgehead atoms. The SMILES string of the molecule is Cc1ccc[n+](C(C(=S)Nc2cccc(Cl)c2C)=C([O-])c2cccs2)c1. The van der Waals surface area contributed by atoms with E-state index in [1.165, 1.54) is 11.3 Å². The first-order valence-corrected chi connectivity index (χ1v) is 9.64. The summed E-state index contributed by atoms with van der Waals surface area (Å²) in [6, 6.07) is 13.1. The summed E-state index contributed by atoms with van der Waals surface area (Å²) in [6.07, 6.45) is 3.71. The number of thiophene rings is 1. The quantitative estimate of drug-likeness (QED) is 0.305. The first kappa shape index (κ1) is 18.6. The monoisotopic (exact) mass is 400 g/mol. The van der Waals surface area contributed by atoms with Crippen molar-refractivity contribution in [2.75, 3.05) is 5.32 Å². The molecule has 3 rings (SSSR count). The molecule has 6 heteroatoms. The fourth-order valence-electron chi connectivity index (χ4n) is 2.52. The van der Waals surface area contributed by atoms with Gasteiger partial charge in [-0.15, -0.1) is 11.3 Å². The largest absolute Gasteiger partial charge is 0.867 e. The summed E-state index contributed by atoms with van der Waals surface area (Å²) in [5.41, 5.74) is 3.11. The van der Waals surface area contributed by atoms with Gasteiger partial charge >= 0.3 is 0 Å². The highest BCUT2D eigenvalue weighted by atomic mass is 35.5. The Bertz CT molecular complexity index is 981. The Kier molecular flexibility index (Phi) is 5.71. The molecule has 0 unspecified atom stereocenters. The normalized spacial score (nSPS) is 11.8. The van der Waals surface area contributed by atoms with Gasteiger partial charge in [0.25, 0.3) is 0 Å². The maximum Gasteiger partial charge on any atom is 0.239 e. The van der Waals surface area contributed by atoms with Gasteiger partial charge in [0.1, 0.15) is 0 Å². The van der Waals surface area contributed by atoms with Crippen molar-refractivity contribution in [2.24, 2.45) is 0 Å². The Morgan fingerprint density at radius 1 is 1.15 bits per heavy atom. The van der Waals surface area contributed by atoms with Gasteiger partial charge in [0.05, 0.1) is 0 Å². The third kappa shape index (κ3) is 3.96. The molecule has 0 atom stereocenters. The van der Waals surface area contributed by atoms with Crippen LogP contribution in [0.2, 0.25) is 5.02 Å². The predicted octanol–water partition coefficient (Wildman–Crippen LogP) is 4.43. The zero-order valence-electron chi connectivity index (χ0n) is 14.3. The Morgan fingerprint density at radius 2 is 1.96 bits per heavy atom. The molecule has 0 aliphatic carbocycles. The van der Waals surface area contributed by atoms with E-state index in [0.717, 1.165) is 16.8 Å². The summed E-state index contributed by atoms with van der Waals surface area (Å²) in [5.74, 6) is -0.118. The number of hydrogen-bond donors (Lipinski definition) is 1. The van der Waals surface area contributed by atoms with Crippen LogP contribution in [0.25, 0.3) is 11.5 Å². The topological polar surface area (TPSA) is 39.0 Å². The Balaban J connectivity index is 2.08. The van der Waals surface area contributed by atoms with Gasteiger partial charge in [-0.25, -0.2) is 0 Å². The Morgan fingerprint density at radius 3 is 2.65 bits per heavy atom. The number of anilines is 1. The maximum absolute atomic E-state index is 13.1. The minimum absolute atomic E-state index is 0.118. The smallest absolute Gasteiger partial charge is 0.239 e. The van der Waals surface area contributed by atoms with Crippen molar-refractivity contribution in [3.05, 3.63) is 81.3 Å². The van der Waals surface area contributed by atoms with Crippen LogP contribution in [0.3, 0.4) is 0 Å². The summed E-state index contributed by atoms with van der Waals surface area (Å²) < 4.78 is 1.77. The van der Waals surface area contributed by atoms with Gasteiger partial charge in [-0.1, -0.05) is 36.0 Å². The van der Waals surface area contributed by atoms with Crippen molar-refractivity contribution in [3.63, 3.8) is 0 Å². The number of halogens is 1. The molecular formula is C20H17ClN2OS2. The average Bonchev–Trinajstić information content (AvgIpc) is 3.14. The minimum Gasteiger partial charge on any atom is -0.867 e. The third-order valence-electron chi connectivity index (χ3n) is 3.90. The first-order chi connectivity index (χ1) is 12.5. The molecule has 0 spiro atoms. The number of aryl methyl sites for hydroxylation is 1. The molecule has 0 saturated carbocycles. The van der Waals surface area contributed by atoms with Crippen molar-refractivity contribution >= 4 is 57.3 Å². The summed E-state index contributed by atoms with van der Waals surface area (Å²) >= 11 is 13.2. The number of nitrogens with zero attached hydrogens (tertiary/aromatic N) is 1. The van der Waals surface area contributed by atoms with Crippen LogP contribution >= 0.6 is 35.2 Å². The summed E-state index contributed by atoms with van der Waals surface area (Å²) in [7, 11) is 0. The first-order valence-electron chi connectivity index (χ1n) is 7.97. The van der Waals surface area contributed by atoms with Crippen LogP contribution in [0.4, 0.5) is 5.69 Å². The highest BCUT2D eigenvalue weighted by Crippen LogP contribution is 2.25. The van der Waals surface area contributed by atoms with Crippen LogP contribution in [0.15, 0.2) is 60.2 Å². The van der Waals surface area contributed by atoms with E-state index in [0.29, 0.717) is 20.6 Å². The van der Waals surface area contributed by atoms with E-state index in [1.54, 1.807) is 10.6 Å². The highest BCUT2D eigenvalue weighted by molar-refractivity contribution is 7.81. The van der Waals surface area contributed by atoms with Gasteiger partial charge in [-0.2, -0.15) is 4.57 Å². The second kappa shape index (κ2) is 7.99. The predicted molar refractivity (Wildman–Crippen MR) is 111 cm³/mol. The molecule has 1 N–H and O–H groups in total. The van der Waals surface area contributed by atoms with Crippen molar-refractivity contribution in [1.29, 1.82) is 0 Å². The van der Waals surface area contributed by atoms with E-state index < -0.39 is 0 Å². The lowest BCUT2D eigenvalue weighted by Crippen LogP contribution is -2.40. The molecule has 0 aliphatic rings. The molecule has 0 radical (unpaired) electrons. The number of thiocarbonyl (C=S) groups is 1. The van der Waals surface area contributed by atoms with Gasteiger partial charge in [0.15, 0.2) is 17.4 Å². The van der Waals surface area contributed by atoms with Gasteiger partial charge in [-0.05, 0) is 54.8 Å². The molecule has 0 fully saturated rings. The van der Waals surface area contributed by atoms with E-state index in [9.17, 15) is 5.11 Å². The summed E-state index contributed by atoms with van der Waals surface area (Å²) in [6.45, 7) is 3.88. The summed E-state index contributed by atoms with van der Waals surface area (Å²) in [5, 5.41) is 18.8. The number of pyridine rings is 1. The molecule has 0 saturated heterocycles. The number of rotatable bonds is 4. The number of benzene rings is 1. The molecule has 3 aromatic rings. The van der Waals surface area contributed by atoms with Crippen LogP contribution in [-0.2, 0) is 0 Å². The van der Waals surface area contributed by atoms with E-state index in [-0.39, 0.29) is 5.76 Å². The Hall–Kier alpha value is -2.21. The van der Waals surface area contributed by atoms with E-state index >= 15 is 0 Å². The van der Waals surface area contributed by atoms with Gasteiger partial charge in [0.2, 0.25) is 5.70 Å². The minimum atomic E-state index is -0.118. The van der Waals surface area contributed by atoms with Crippen LogP contribution in [0, 0.1) is 13.8 Å². The highest BCUT2D eigenvalue weighted by Gasteiger charge is 2.20. The molecule has 2 heterocycles. The van der Waals surface area contributed by atoms with E-state index in [1.807, 2.05) is 68.0 Å². The van der Waals surface area contributed by atoms with Crippen LogP contribution in [-0.4, -0.2) is 4.99 Å². The fraction of sp³-hybridized carbons (Fsp3) is 0.100. The molecule has 1 aromatic carbocycles. The zero-order chi connectivity index (χ0) is 18.7. The second-order valence-corrected chi connectivity index (χ2v) is 7.57. The lowest BCUT2D eigenvalue weighted by molar-refractivity contribution is -0.578. The van der Waals surface area contributed by atoms with Crippen LogP contribution in [0.1, 0.15) is 16.0 Å². The van der Waals surface area contributed by atoms with Crippen molar-refractivity contribution < 1.29 is 9.67 Å². The standard InChI is InChI=1S/C20H17ClN2OS2/c1-13-6-4-10-23(12-13)18(19(24)17-9-5-11-26-17)20(25)22-16-8-3-7-15(21)14(16)2/h3-12H,1-2H3,(H-,22,24,25). The lowest BCUT2D eigenvalue weighted by Gasteiger charge is -2.16. The molecule has 0 amide bonds. The number of hydrogen-bond acceptors (Lipinski definition) is 3. The third-order valence-corrected chi connectivity index (χ3v) is 5.47.